The number of hydrogen-bond donors (Lipinski definition) is 1. The first-order chi connectivity index (χ1) is 12.4. The molecule has 2 heterocycles. The zero-order chi connectivity index (χ0) is 18.7. The van der Waals surface area contributed by atoms with Crippen LogP contribution in [0, 0.1) is 0 Å². The molecule has 0 saturated carbocycles. The molecule has 1 N–H and O–H groups in total. The number of aromatic nitrogens is 2. The van der Waals surface area contributed by atoms with Crippen LogP contribution in [0.15, 0.2) is 41.8 Å². The van der Waals surface area contributed by atoms with Gasteiger partial charge in [-0.1, -0.05) is 11.6 Å². The second kappa shape index (κ2) is 7.65. The topological polar surface area (TPSA) is 87.5 Å². The van der Waals surface area contributed by atoms with Gasteiger partial charge in [0.1, 0.15) is 0 Å². The number of halogens is 1. The van der Waals surface area contributed by atoms with Gasteiger partial charge in [0.25, 0.3) is 10.0 Å². The van der Waals surface area contributed by atoms with Gasteiger partial charge in [-0.15, -0.1) is 0 Å². The van der Waals surface area contributed by atoms with Crippen molar-refractivity contribution < 1.29 is 13.2 Å². The Hall–Kier alpha value is -2.10. The van der Waals surface area contributed by atoms with Gasteiger partial charge in [-0.05, 0) is 30.7 Å². The van der Waals surface area contributed by atoms with Crippen LogP contribution in [0.25, 0.3) is 0 Å². The van der Waals surface area contributed by atoms with Crippen LogP contribution in [0.3, 0.4) is 0 Å². The molecule has 140 valence electrons. The van der Waals surface area contributed by atoms with Crippen LogP contribution in [-0.2, 0) is 17.1 Å². The van der Waals surface area contributed by atoms with Gasteiger partial charge < -0.3 is 14.8 Å². The number of nitrogens with zero attached hydrogens (tertiary/aromatic N) is 4. The van der Waals surface area contributed by atoms with Crippen LogP contribution in [0.5, 0.6) is 0 Å². The molecule has 1 saturated heterocycles. The van der Waals surface area contributed by atoms with Crippen molar-refractivity contribution in [2.24, 2.45) is 7.05 Å². The van der Waals surface area contributed by atoms with E-state index in [0.29, 0.717) is 36.8 Å². The number of benzene rings is 1. The quantitative estimate of drug-likeness (QED) is 0.858. The maximum Gasteiger partial charge on any atom is 0.321 e. The van der Waals surface area contributed by atoms with Crippen molar-refractivity contribution in [1.29, 1.82) is 0 Å². The lowest BCUT2D eigenvalue weighted by atomic mass is 10.3. The lowest BCUT2D eigenvalue weighted by Gasteiger charge is -2.21. The Morgan fingerprint density at radius 2 is 1.88 bits per heavy atom. The van der Waals surface area contributed by atoms with Gasteiger partial charge in [-0.25, -0.2) is 18.2 Å². The summed E-state index contributed by atoms with van der Waals surface area (Å²) in [7, 11) is -1.93. The third-order valence-corrected chi connectivity index (χ3v) is 6.16. The van der Waals surface area contributed by atoms with E-state index in [-0.39, 0.29) is 17.6 Å². The van der Waals surface area contributed by atoms with E-state index in [1.54, 1.807) is 40.8 Å². The van der Waals surface area contributed by atoms with Gasteiger partial charge in [-0.3, -0.25) is 0 Å². The Balaban J connectivity index is 1.64. The lowest BCUT2D eigenvalue weighted by molar-refractivity contribution is 0.214. The third-order valence-electron chi connectivity index (χ3n) is 4.12. The molecule has 1 fully saturated rings. The lowest BCUT2D eigenvalue weighted by Crippen LogP contribution is -2.39. The van der Waals surface area contributed by atoms with Crippen LogP contribution < -0.4 is 5.32 Å². The minimum Gasteiger partial charge on any atom is -0.339 e. The molecule has 0 atom stereocenters. The van der Waals surface area contributed by atoms with E-state index in [2.05, 4.69) is 10.3 Å². The number of sulfonamides is 1. The van der Waals surface area contributed by atoms with E-state index < -0.39 is 10.0 Å². The first kappa shape index (κ1) is 18.7. The van der Waals surface area contributed by atoms with Crippen LogP contribution in [0.1, 0.15) is 6.42 Å². The SMILES string of the molecule is Cn1cnc(S(=O)(=O)N2CCCN(C(=O)Nc3ccc(Cl)cc3)CC2)c1. The average Bonchev–Trinajstić information content (AvgIpc) is 2.90. The van der Waals surface area contributed by atoms with Crippen LogP contribution in [-0.4, -0.2) is 59.4 Å². The van der Waals surface area contributed by atoms with Crippen LogP contribution >= 0.6 is 11.6 Å². The van der Waals surface area contributed by atoms with Crippen LogP contribution in [0.2, 0.25) is 5.02 Å². The van der Waals surface area contributed by atoms with Gasteiger partial charge in [0.15, 0.2) is 5.03 Å². The maximum absolute atomic E-state index is 12.7. The summed E-state index contributed by atoms with van der Waals surface area (Å²) in [6.45, 7) is 1.37. The largest absolute Gasteiger partial charge is 0.339 e. The molecule has 8 nitrogen and oxygen atoms in total. The van der Waals surface area contributed by atoms with Gasteiger partial charge in [-0.2, -0.15) is 4.31 Å². The molecule has 1 aromatic heterocycles. The predicted octanol–water partition coefficient (Wildman–Crippen LogP) is 2.00. The fourth-order valence-corrected chi connectivity index (χ4v) is 4.29. The number of amides is 2. The molecule has 0 aliphatic carbocycles. The fraction of sp³-hybridized carbons (Fsp3) is 0.375. The number of urea groups is 1. The summed E-state index contributed by atoms with van der Waals surface area (Å²) < 4.78 is 28.3. The Bertz CT molecular complexity index is 882. The Morgan fingerprint density at radius 3 is 2.54 bits per heavy atom. The summed E-state index contributed by atoms with van der Waals surface area (Å²) in [5.74, 6) is 0. The Kier molecular flexibility index (Phi) is 5.49. The van der Waals surface area contributed by atoms with Crippen molar-refractivity contribution in [3.63, 3.8) is 0 Å². The first-order valence-electron chi connectivity index (χ1n) is 8.16. The minimum atomic E-state index is -3.65. The van der Waals surface area contributed by atoms with E-state index >= 15 is 0 Å². The number of carbonyl (C=O) groups is 1. The van der Waals surface area contributed by atoms with Gasteiger partial charge in [0.2, 0.25) is 0 Å². The highest BCUT2D eigenvalue weighted by atomic mass is 35.5. The molecule has 1 aliphatic rings. The van der Waals surface area contributed by atoms with Crippen LogP contribution in [0.4, 0.5) is 10.5 Å². The smallest absolute Gasteiger partial charge is 0.321 e. The standard InChI is InChI=1S/C16H20ClN5O3S/c1-20-11-15(18-12-20)26(24,25)22-8-2-7-21(9-10-22)16(23)19-14-5-3-13(17)4-6-14/h3-6,11-12H,2,7-10H2,1H3,(H,19,23). The molecule has 1 aromatic carbocycles. The number of anilines is 1. The highest BCUT2D eigenvalue weighted by molar-refractivity contribution is 7.89. The number of hydrogen-bond acceptors (Lipinski definition) is 4. The van der Waals surface area contributed by atoms with Crippen molar-refractivity contribution in [3.8, 4) is 0 Å². The molecule has 26 heavy (non-hydrogen) atoms. The maximum atomic E-state index is 12.7. The summed E-state index contributed by atoms with van der Waals surface area (Å²) in [5.41, 5.74) is 0.640. The highest BCUT2D eigenvalue weighted by Gasteiger charge is 2.29. The summed E-state index contributed by atoms with van der Waals surface area (Å²) >= 11 is 5.84. The molecule has 1 aliphatic heterocycles. The zero-order valence-electron chi connectivity index (χ0n) is 14.3. The number of aryl methyl sites for hydroxylation is 1. The summed E-state index contributed by atoms with van der Waals surface area (Å²) in [6.07, 6.45) is 3.49. The molecular weight excluding hydrogens is 378 g/mol. The molecule has 3 rings (SSSR count). The second-order valence-corrected chi connectivity index (χ2v) is 8.38. The van der Waals surface area contributed by atoms with E-state index in [0.717, 1.165) is 0 Å². The van der Waals surface area contributed by atoms with E-state index in [1.807, 2.05) is 0 Å². The molecular formula is C16H20ClN5O3S. The van der Waals surface area contributed by atoms with Crippen molar-refractivity contribution in [2.75, 3.05) is 31.5 Å². The van der Waals surface area contributed by atoms with Gasteiger partial charge in [0, 0.05) is 50.1 Å². The monoisotopic (exact) mass is 397 g/mol. The predicted molar refractivity (Wildman–Crippen MR) is 98.6 cm³/mol. The average molecular weight is 398 g/mol. The summed E-state index contributed by atoms with van der Waals surface area (Å²) in [4.78, 5) is 18.0. The van der Waals surface area contributed by atoms with Crippen molar-refractivity contribution in [2.45, 2.75) is 11.4 Å². The van der Waals surface area contributed by atoms with Crippen molar-refractivity contribution in [1.82, 2.24) is 18.8 Å². The Labute approximate surface area is 157 Å². The molecule has 0 bridgehead atoms. The first-order valence-corrected chi connectivity index (χ1v) is 9.98. The molecule has 2 aromatic rings. The second-order valence-electron chi connectivity index (χ2n) is 6.06. The summed E-state index contributed by atoms with van der Waals surface area (Å²) in [6, 6.07) is 6.57. The number of carbonyl (C=O) groups excluding carboxylic acids is 1. The molecule has 0 spiro atoms. The molecule has 0 radical (unpaired) electrons. The highest BCUT2D eigenvalue weighted by Crippen LogP contribution is 2.17. The molecule has 0 unspecified atom stereocenters. The van der Waals surface area contributed by atoms with Crippen molar-refractivity contribution >= 4 is 33.3 Å². The van der Waals surface area contributed by atoms with Gasteiger partial charge in [0.05, 0.1) is 6.33 Å². The normalized spacial score (nSPS) is 16.3. The van der Waals surface area contributed by atoms with E-state index in [1.165, 1.54) is 16.8 Å². The van der Waals surface area contributed by atoms with Gasteiger partial charge >= 0.3 is 6.03 Å². The molecule has 10 heteroatoms. The summed E-state index contributed by atoms with van der Waals surface area (Å²) in [5, 5.41) is 3.42. The zero-order valence-corrected chi connectivity index (χ0v) is 15.9. The minimum absolute atomic E-state index is 0.0269. The van der Waals surface area contributed by atoms with Crippen molar-refractivity contribution in [3.05, 3.63) is 41.8 Å². The molecule has 2 amide bonds. The number of imidazole rings is 1. The van der Waals surface area contributed by atoms with E-state index in [4.69, 9.17) is 11.6 Å². The Morgan fingerprint density at radius 1 is 1.15 bits per heavy atom. The fourth-order valence-electron chi connectivity index (χ4n) is 2.73. The third kappa shape index (κ3) is 4.17. The number of rotatable bonds is 3. The van der Waals surface area contributed by atoms with E-state index in [9.17, 15) is 13.2 Å². The number of nitrogens with one attached hydrogen (secondary N) is 1.